The van der Waals surface area contributed by atoms with Gasteiger partial charge < -0.3 is 15.6 Å². The first-order valence-electron chi connectivity index (χ1n) is 8.27. The second-order valence-corrected chi connectivity index (χ2v) is 6.21. The Morgan fingerprint density at radius 2 is 1.92 bits per heavy atom. The predicted octanol–water partition coefficient (Wildman–Crippen LogP) is 0.0472. The minimum atomic E-state index is -0.494. The molecule has 132 valence electrons. The Morgan fingerprint density at radius 1 is 1.24 bits per heavy atom. The fourth-order valence-electron chi connectivity index (χ4n) is 3.22. The summed E-state index contributed by atoms with van der Waals surface area (Å²) in [5.74, 6) is -0.711. The van der Waals surface area contributed by atoms with E-state index >= 15 is 0 Å². The zero-order valence-corrected chi connectivity index (χ0v) is 13.9. The quantitative estimate of drug-likeness (QED) is 0.817. The van der Waals surface area contributed by atoms with Crippen molar-refractivity contribution < 1.29 is 9.59 Å². The minimum Gasteiger partial charge on any atom is -0.369 e. The summed E-state index contributed by atoms with van der Waals surface area (Å²) in [6.07, 6.45) is 1.10. The van der Waals surface area contributed by atoms with Gasteiger partial charge in [-0.2, -0.15) is 0 Å². The van der Waals surface area contributed by atoms with Crippen LogP contribution in [-0.2, 0) is 11.3 Å². The maximum atomic E-state index is 12.6. The van der Waals surface area contributed by atoms with Gasteiger partial charge in [0.25, 0.3) is 11.5 Å². The third-order valence-corrected chi connectivity index (χ3v) is 4.73. The van der Waals surface area contributed by atoms with Crippen LogP contribution >= 0.6 is 0 Å². The monoisotopic (exact) mass is 344 g/mol. The van der Waals surface area contributed by atoms with Crippen LogP contribution in [0, 0.1) is 5.92 Å². The molecule has 1 aromatic carbocycles. The van der Waals surface area contributed by atoms with E-state index in [1.807, 2.05) is 0 Å². The molecule has 1 saturated heterocycles. The van der Waals surface area contributed by atoms with Gasteiger partial charge in [-0.05, 0) is 38.0 Å². The molecule has 0 radical (unpaired) electrons. The molecule has 0 bridgehead atoms. The Hall–Kier alpha value is -2.90. The van der Waals surface area contributed by atoms with Crippen molar-refractivity contribution in [2.75, 3.05) is 13.1 Å². The van der Waals surface area contributed by atoms with Crippen LogP contribution in [0.4, 0.5) is 0 Å². The van der Waals surface area contributed by atoms with E-state index < -0.39 is 5.69 Å². The summed E-state index contributed by atoms with van der Waals surface area (Å²) in [5, 5.41) is 0.366. The average Bonchev–Trinajstić information content (AvgIpc) is 2.61. The van der Waals surface area contributed by atoms with E-state index in [2.05, 4.69) is 4.98 Å². The first kappa shape index (κ1) is 16.9. The predicted molar refractivity (Wildman–Crippen MR) is 92.3 cm³/mol. The summed E-state index contributed by atoms with van der Waals surface area (Å²) in [7, 11) is 0. The zero-order chi connectivity index (χ0) is 18.1. The molecule has 25 heavy (non-hydrogen) atoms. The van der Waals surface area contributed by atoms with Gasteiger partial charge >= 0.3 is 5.69 Å². The Bertz CT molecular complexity index is 951. The van der Waals surface area contributed by atoms with Crippen LogP contribution in [0.15, 0.2) is 27.8 Å². The number of amides is 2. The number of carbonyl (C=O) groups is 2. The Morgan fingerprint density at radius 3 is 2.52 bits per heavy atom. The minimum absolute atomic E-state index is 0.190. The summed E-state index contributed by atoms with van der Waals surface area (Å²) in [6.45, 7) is 2.91. The second kappa shape index (κ2) is 6.54. The summed E-state index contributed by atoms with van der Waals surface area (Å²) >= 11 is 0. The third-order valence-electron chi connectivity index (χ3n) is 4.73. The topological polar surface area (TPSA) is 118 Å². The Balaban J connectivity index is 1.90. The summed E-state index contributed by atoms with van der Waals surface area (Å²) in [4.78, 5) is 52.4. The first-order valence-corrected chi connectivity index (χ1v) is 8.27. The summed E-state index contributed by atoms with van der Waals surface area (Å²) < 4.78 is 1.11. The van der Waals surface area contributed by atoms with Crippen LogP contribution in [0.2, 0.25) is 0 Å². The van der Waals surface area contributed by atoms with Crippen molar-refractivity contribution in [3.63, 3.8) is 0 Å². The number of primary amides is 1. The molecule has 1 aliphatic heterocycles. The maximum absolute atomic E-state index is 12.6. The molecule has 0 atom stereocenters. The average molecular weight is 344 g/mol. The number of hydrogen-bond donors (Lipinski definition) is 2. The lowest BCUT2D eigenvalue weighted by molar-refractivity contribution is -0.123. The Labute approximate surface area is 143 Å². The highest BCUT2D eigenvalue weighted by Gasteiger charge is 2.26. The lowest BCUT2D eigenvalue weighted by Crippen LogP contribution is -2.41. The van der Waals surface area contributed by atoms with E-state index in [4.69, 9.17) is 5.73 Å². The number of hydrogen-bond acceptors (Lipinski definition) is 4. The van der Waals surface area contributed by atoms with E-state index in [0.717, 1.165) is 4.57 Å². The molecular weight excluding hydrogens is 324 g/mol. The number of rotatable bonds is 3. The number of nitrogens with zero attached hydrogens (tertiary/aromatic N) is 2. The molecule has 0 aliphatic carbocycles. The summed E-state index contributed by atoms with van der Waals surface area (Å²) in [5.41, 5.74) is 5.18. The maximum Gasteiger partial charge on any atom is 0.328 e. The highest BCUT2D eigenvalue weighted by molar-refractivity contribution is 5.97. The van der Waals surface area contributed by atoms with Gasteiger partial charge in [0.05, 0.1) is 10.9 Å². The molecule has 1 fully saturated rings. The standard InChI is InChI=1S/C17H20N4O4/c1-2-21-16(24)12-4-3-11(9-13(12)19-17(21)25)15(23)20-7-5-10(6-8-20)14(18)22/h3-4,9-10H,2,5-8H2,1H3,(H2,18,22)(H,19,25). The normalized spacial score (nSPS) is 15.5. The van der Waals surface area contributed by atoms with E-state index in [1.54, 1.807) is 24.0 Å². The number of likely N-dealkylation sites (tertiary alicyclic amines) is 1. The van der Waals surface area contributed by atoms with Gasteiger partial charge in [-0.15, -0.1) is 0 Å². The number of H-pyrrole nitrogens is 1. The molecule has 8 nitrogen and oxygen atoms in total. The van der Waals surface area contributed by atoms with Crippen molar-refractivity contribution in [3.05, 3.63) is 44.6 Å². The largest absolute Gasteiger partial charge is 0.369 e. The first-order chi connectivity index (χ1) is 11.9. The highest BCUT2D eigenvalue weighted by atomic mass is 16.2. The molecule has 0 spiro atoms. The molecule has 1 aromatic heterocycles. The third kappa shape index (κ3) is 3.07. The lowest BCUT2D eigenvalue weighted by Gasteiger charge is -2.30. The van der Waals surface area contributed by atoms with Crippen LogP contribution in [0.25, 0.3) is 10.9 Å². The van der Waals surface area contributed by atoms with Crippen molar-refractivity contribution in [2.45, 2.75) is 26.3 Å². The van der Waals surface area contributed by atoms with E-state index in [1.165, 1.54) is 6.07 Å². The van der Waals surface area contributed by atoms with Crippen LogP contribution in [0.5, 0.6) is 0 Å². The van der Waals surface area contributed by atoms with Crippen LogP contribution in [0.1, 0.15) is 30.1 Å². The number of aromatic amines is 1. The van der Waals surface area contributed by atoms with Gasteiger partial charge in [0.15, 0.2) is 0 Å². The fourth-order valence-corrected chi connectivity index (χ4v) is 3.22. The molecule has 0 saturated carbocycles. The highest BCUT2D eigenvalue weighted by Crippen LogP contribution is 2.19. The number of benzene rings is 1. The SMILES string of the molecule is CCn1c(=O)[nH]c2cc(C(=O)N3CCC(C(N)=O)CC3)ccc2c1=O. The number of aromatic nitrogens is 2. The van der Waals surface area contributed by atoms with Crippen LogP contribution in [0.3, 0.4) is 0 Å². The zero-order valence-electron chi connectivity index (χ0n) is 13.9. The van der Waals surface area contributed by atoms with Crippen molar-refractivity contribution >= 4 is 22.7 Å². The van der Waals surface area contributed by atoms with Gasteiger partial charge in [-0.25, -0.2) is 4.79 Å². The van der Waals surface area contributed by atoms with Crippen molar-refractivity contribution in [1.82, 2.24) is 14.5 Å². The number of fused-ring (bicyclic) bond motifs is 1. The van der Waals surface area contributed by atoms with Crippen molar-refractivity contribution in [2.24, 2.45) is 11.7 Å². The Kier molecular flexibility index (Phi) is 4.43. The number of nitrogens with two attached hydrogens (primary N) is 1. The second-order valence-electron chi connectivity index (χ2n) is 6.21. The van der Waals surface area contributed by atoms with Gasteiger partial charge in [0, 0.05) is 31.1 Å². The van der Waals surface area contributed by atoms with Crippen molar-refractivity contribution in [1.29, 1.82) is 0 Å². The van der Waals surface area contributed by atoms with Gasteiger partial charge in [-0.1, -0.05) is 0 Å². The molecule has 3 rings (SSSR count). The fraction of sp³-hybridized carbons (Fsp3) is 0.412. The smallest absolute Gasteiger partial charge is 0.328 e. The van der Waals surface area contributed by atoms with Gasteiger partial charge in [0.2, 0.25) is 5.91 Å². The van der Waals surface area contributed by atoms with E-state index in [9.17, 15) is 19.2 Å². The van der Waals surface area contributed by atoms with Crippen LogP contribution in [-0.4, -0.2) is 39.4 Å². The van der Waals surface area contributed by atoms with Gasteiger partial charge in [-0.3, -0.25) is 19.0 Å². The van der Waals surface area contributed by atoms with E-state index in [0.29, 0.717) is 42.4 Å². The summed E-state index contributed by atoms with van der Waals surface area (Å²) in [6, 6.07) is 4.67. The number of carbonyl (C=O) groups excluding carboxylic acids is 2. The van der Waals surface area contributed by atoms with Gasteiger partial charge in [0.1, 0.15) is 0 Å². The number of piperidine rings is 1. The van der Waals surface area contributed by atoms with Crippen LogP contribution < -0.4 is 17.0 Å². The molecule has 0 unspecified atom stereocenters. The van der Waals surface area contributed by atoms with Crippen molar-refractivity contribution in [3.8, 4) is 0 Å². The molecule has 2 amide bonds. The molecule has 2 aromatic rings. The molecular formula is C17H20N4O4. The number of nitrogens with one attached hydrogen (secondary N) is 1. The molecule has 2 heterocycles. The lowest BCUT2D eigenvalue weighted by atomic mass is 9.96. The molecule has 1 aliphatic rings. The van der Waals surface area contributed by atoms with E-state index in [-0.39, 0.29) is 29.8 Å². The molecule has 3 N–H and O–H groups in total. The molecule has 8 heteroatoms.